The summed E-state index contributed by atoms with van der Waals surface area (Å²) in [4.78, 5) is 12.0. The summed E-state index contributed by atoms with van der Waals surface area (Å²) in [6.45, 7) is 1.67. The second-order valence-corrected chi connectivity index (χ2v) is 5.65. The SMILES string of the molecule is NC(=O)CSc1ccccc1NC1CCCOCC1. The summed E-state index contributed by atoms with van der Waals surface area (Å²) in [5.74, 6) is 0.0228. The van der Waals surface area contributed by atoms with Gasteiger partial charge in [-0.3, -0.25) is 4.79 Å². The maximum Gasteiger partial charge on any atom is 0.227 e. The number of hydrogen-bond acceptors (Lipinski definition) is 4. The zero-order chi connectivity index (χ0) is 13.5. The Morgan fingerprint density at radius 2 is 2.21 bits per heavy atom. The van der Waals surface area contributed by atoms with E-state index in [0.29, 0.717) is 11.8 Å². The van der Waals surface area contributed by atoms with Crippen LogP contribution in [0.15, 0.2) is 29.2 Å². The van der Waals surface area contributed by atoms with E-state index < -0.39 is 0 Å². The van der Waals surface area contributed by atoms with Crippen LogP contribution in [0, 0.1) is 0 Å². The monoisotopic (exact) mass is 280 g/mol. The average Bonchev–Trinajstić information content (AvgIpc) is 2.66. The molecule has 1 fully saturated rings. The summed E-state index contributed by atoms with van der Waals surface area (Å²) in [6.07, 6.45) is 3.23. The van der Waals surface area contributed by atoms with Gasteiger partial charge < -0.3 is 15.8 Å². The first-order valence-electron chi connectivity index (χ1n) is 6.60. The van der Waals surface area contributed by atoms with Crippen LogP contribution >= 0.6 is 11.8 Å². The van der Waals surface area contributed by atoms with E-state index in [1.165, 1.54) is 11.8 Å². The molecule has 0 saturated carbocycles. The molecule has 0 aliphatic carbocycles. The molecule has 5 heteroatoms. The quantitative estimate of drug-likeness (QED) is 0.812. The Morgan fingerprint density at radius 1 is 1.37 bits per heavy atom. The molecule has 1 saturated heterocycles. The number of nitrogens with two attached hydrogens (primary N) is 1. The molecule has 1 aliphatic rings. The minimum atomic E-state index is -0.289. The Kier molecular flexibility index (Phi) is 5.54. The number of amides is 1. The van der Waals surface area contributed by atoms with E-state index >= 15 is 0 Å². The van der Waals surface area contributed by atoms with Gasteiger partial charge in [0.25, 0.3) is 0 Å². The number of primary amides is 1. The van der Waals surface area contributed by atoms with E-state index in [0.717, 1.165) is 43.1 Å². The lowest BCUT2D eigenvalue weighted by molar-refractivity contribution is -0.115. The van der Waals surface area contributed by atoms with Gasteiger partial charge in [0.05, 0.1) is 5.75 Å². The Bertz CT molecular complexity index is 418. The molecular weight excluding hydrogens is 260 g/mol. The molecule has 0 aromatic heterocycles. The fourth-order valence-corrected chi connectivity index (χ4v) is 2.88. The van der Waals surface area contributed by atoms with Gasteiger partial charge in [-0.15, -0.1) is 11.8 Å². The van der Waals surface area contributed by atoms with Gasteiger partial charge in [0.1, 0.15) is 0 Å². The van der Waals surface area contributed by atoms with Gasteiger partial charge in [-0.25, -0.2) is 0 Å². The molecular formula is C14H20N2O2S. The molecule has 1 heterocycles. The molecule has 1 amide bonds. The first kappa shape index (κ1) is 14.2. The second kappa shape index (κ2) is 7.40. The van der Waals surface area contributed by atoms with Gasteiger partial charge in [0, 0.05) is 29.8 Å². The van der Waals surface area contributed by atoms with Crippen LogP contribution in [0.5, 0.6) is 0 Å². The van der Waals surface area contributed by atoms with Gasteiger partial charge >= 0.3 is 0 Å². The van der Waals surface area contributed by atoms with E-state index in [1.807, 2.05) is 18.2 Å². The summed E-state index contributed by atoms with van der Waals surface area (Å²) in [5, 5.41) is 3.56. The van der Waals surface area contributed by atoms with Gasteiger partial charge in [0.2, 0.25) is 5.91 Å². The highest BCUT2D eigenvalue weighted by Crippen LogP contribution is 2.28. The van der Waals surface area contributed by atoms with E-state index in [1.54, 1.807) is 0 Å². The van der Waals surface area contributed by atoms with Crippen LogP contribution in [0.3, 0.4) is 0 Å². The Labute approximate surface area is 118 Å². The van der Waals surface area contributed by atoms with Crippen molar-refractivity contribution in [3.8, 4) is 0 Å². The number of hydrogen-bond donors (Lipinski definition) is 2. The third-order valence-electron chi connectivity index (χ3n) is 3.07. The zero-order valence-electron chi connectivity index (χ0n) is 10.9. The van der Waals surface area contributed by atoms with Gasteiger partial charge in [0.15, 0.2) is 0 Å². The lowest BCUT2D eigenvalue weighted by Gasteiger charge is -2.19. The largest absolute Gasteiger partial charge is 0.381 e. The van der Waals surface area contributed by atoms with Crippen molar-refractivity contribution in [3.05, 3.63) is 24.3 Å². The molecule has 1 aromatic rings. The first-order valence-corrected chi connectivity index (χ1v) is 7.58. The highest BCUT2D eigenvalue weighted by atomic mass is 32.2. The molecule has 1 unspecified atom stereocenters. The molecule has 0 bridgehead atoms. The van der Waals surface area contributed by atoms with Gasteiger partial charge in [-0.1, -0.05) is 12.1 Å². The maximum atomic E-state index is 10.9. The van der Waals surface area contributed by atoms with Crippen molar-refractivity contribution in [2.75, 3.05) is 24.3 Å². The van der Waals surface area contributed by atoms with Crippen LogP contribution < -0.4 is 11.1 Å². The standard InChI is InChI=1S/C14H20N2O2S/c15-14(17)10-19-13-6-2-1-5-12(13)16-11-4-3-8-18-9-7-11/h1-2,5-6,11,16H,3-4,7-10H2,(H2,15,17). The van der Waals surface area contributed by atoms with Gasteiger partial charge in [-0.2, -0.15) is 0 Å². The van der Waals surface area contributed by atoms with Crippen LogP contribution in [0.4, 0.5) is 5.69 Å². The van der Waals surface area contributed by atoms with Crippen molar-refractivity contribution in [1.29, 1.82) is 0 Å². The summed E-state index contributed by atoms with van der Waals surface area (Å²) in [6, 6.07) is 8.49. The Morgan fingerprint density at radius 3 is 3.05 bits per heavy atom. The highest BCUT2D eigenvalue weighted by Gasteiger charge is 2.13. The molecule has 2 rings (SSSR count). The van der Waals surface area contributed by atoms with Crippen LogP contribution in [0.25, 0.3) is 0 Å². The average molecular weight is 280 g/mol. The molecule has 104 valence electrons. The van der Waals surface area contributed by atoms with E-state index in [9.17, 15) is 4.79 Å². The van der Waals surface area contributed by atoms with Crippen molar-refractivity contribution >= 4 is 23.4 Å². The second-order valence-electron chi connectivity index (χ2n) is 4.64. The number of para-hydroxylation sites is 1. The number of thioether (sulfide) groups is 1. The smallest absolute Gasteiger partial charge is 0.227 e. The van der Waals surface area contributed by atoms with Crippen LogP contribution in [0.1, 0.15) is 19.3 Å². The molecule has 19 heavy (non-hydrogen) atoms. The number of benzene rings is 1. The van der Waals surface area contributed by atoms with Crippen molar-refractivity contribution in [3.63, 3.8) is 0 Å². The summed E-state index contributed by atoms with van der Waals surface area (Å²) in [5.41, 5.74) is 6.28. The minimum absolute atomic E-state index is 0.289. The number of carbonyl (C=O) groups is 1. The summed E-state index contributed by atoms with van der Waals surface area (Å²) < 4.78 is 5.47. The van der Waals surface area contributed by atoms with Crippen LogP contribution in [-0.2, 0) is 9.53 Å². The predicted octanol–water partition coefficient (Wildman–Crippen LogP) is 2.25. The van der Waals surface area contributed by atoms with Gasteiger partial charge in [-0.05, 0) is 31.4 Å². The minimum Gasteiger partial charge on any atom is -0.381 e. The lowest BCUT2D eigenvalue weighted by Crippen LogP contribution is -2.20. The molecule has 4 nitrogen and oxygen atoms in total. The fourth-order valence-electron chi connectivity index (χ4n) is 2.13. The summed E-state index contributed by atoms with van der Waals surface area (Å²) >= 11 is 1.48. The lowest BCUT2D eigenvalue weighted by atomic mass is 10.1. The van der Waals surface area contributed by atoms with Crippen molar-refractivity contribution < 1.29 is 9.53 Å². The molecule has 0 radical (unpaired) electrons. The van der Waals surface area contributed by atoms with Crippen molar-refractivity contribution in [1.82, 2.24) is 0 Å². The third-order valence-corrected chi connectivity index (χ3v) is 4.16. The van der Waals surface area contributed by atoms with Crippen molar-refractivity contribution in [2.24, 2.45) is 5.73 Å². The molecule has 0 spiro atoms. The van der Waals surface area contributed by atoms with E-state index in [-0.39, 0.29) is 5.91 Å². The van der Waals surface area contributed by atoms with E-state index in [2.05, 4.69) is 11.4 Å². The zero-order valence-corrected chi connectivity index (χ0v) is 11.7. The molecule has 1 atom stereocenters. The maximum absolute atomic E-state index is 10.9. The molecule has 3 N–H and O–H groups in total. The molecule has 1 aliphatic heterocycles. The molecule has 1 aromatic carbocycles. The van der Waals surface area contributed by atoms with Crippen LogP contribution in [0.2, 0.25) is 0 Å². The van der Waals surface area contributed by atoms with Crippen LogP contribution in [-0.4, -0.2) is 30.9 Å². The van der Waals surface area contributed by atoms with Crippen molar-refractivity contribution in [2.45, 2.75) is 30.2 Å². The number of ether oxygens (including phenoxy) is 1. The number of rotatable bonds is 5. The number of anilines is 1. The Balaban J connectivity index is 1.99. The summed E-state index contributed by atoms with van der Waals surface area (Å²) in [7, 11) is 0. The van der Waals surface area contributed by atoms with E-state index in [4.69, 9.17) is 10.5 Å². The number of carbonyl (C=O) groups excluding carboxylic acids is 1. The number of nitrogens with one attached hydrogen (secondary N) is 1. The first-order chi connectivity index (χ1) is 9.25. The third kappa shape index (κ3) is 4.76. The highest BCUT2D eigenvalue weighted by molar-refractivity contribution is 8.00. The topological polar surface area (TPSA) is 64.4 Å². The Hall–Kier alpha value is -1.20. The normalized spacial score (nSPS) is 19.7. The fraction of sp³-hybridized carbons (Fsp3) is 0.500. The predicted molar refractivity (Wildman–Crippen MR) is 78.4 cm³/mol.